The van der Waals surface area contributed by atoms with E-state index < -0.39 is 10.0 Å². The minimum absolute atomic E-state index is 0.0213. The molecule has 0 unspecified atom stereocenters. The first kappa shape index (κ1) is 16.5. The second kappa shape index (κ2) is 6.50. The van der Waals surface area contributed by atoms with Crippen molar-refractivity contribution >= 4 is 10.0 Å². The normalized spacial score (nSPS) is 16.1. The molecule has 1 aromatic heterocycles. The van der Waals surface area contributed by atoms with Gasteiger partial charge in [-0.15, -0.1) is 0 Å². The Labute approximate surface area is 128 Å². The van der Waals surface area contributed by atoms with E-state index in [-0.39, 0.29) is 6.04 Å². The molecule has 0 amide bonds. The maximum atomic E-state index is 12.9. The van der Waals surface area contributed by atoms with Crippen LogP contribution < -0.4 is 5.32 Å². The van der Waals surface area contributed by atoms with Crippen molar-refractivity contribution in [1.29, 1.82) is 0 Å². The van der Waals surface area contributed by atoms with Crippen LogP contribution in [0.5, 0.6) is 0 Å². The van der Waals surface area contributed by atoms with Crippen LogP contribution in [0.2, 0.25) is 0 Å². The highest BCUT2D eigenvalue weighted by Crippen LogP contribution is 2.37. The summed E-state index contributed by atoms with van der Waals surface area (Å²) in [5, 5.41) is 3.12. The highest BCUT2D eigenvalue weighted by atomic mass is 32.2. The second-order valence-corrected chi connectivity index (χ2v) is 7.94. The summed E-state index contributed by atoms with van der Waals surface area (Å²) in [6.07, 6.45) is 4.94. The highest BCUT2D eigenvalue weighted by Gasteiger charge is 2.31. The fourth-order valence-electron chi connectivity index (χ4n) is 2.66. The third-order valence-corrected chi connectivity index (χ3v) is 5.87. The third kappa shape index (κ3) is 3.49. The largest absolute Gasteiger partial charge is 0.346 e. The lowest BCUT2D eigenvalue weighted by molar-refractivity contribution is 0.354. The summed E-state index contributed by atoms with van der Waals surface area (Å²) in [4.78, 5) is 0.432. The van der Waals surface area contributed by atoms with Crippen molar-refractivity contribution in [2.24, 2.45) is 0 Å². The minimum atomic E-state index is -3.40. The molecule has 0 radical (unpaired) electrons. The Morgan fingerprint density at radius 2 is 2.10 bits per heavy atom. The molecular weight excluding hydrogens is 286 g/mol. The maximum Gasteiger partial charge on any atom is 0.244 e. The van der Waals surface area contributed by atoms with Crippen LogP contribution in [-0.2, 0) is 16.6 Å². The quantitative estimate of drug-likeness (QED) is 0.801. The molecule has 0 atom stereocenters. The van der Waals surface area contributed by atoms with Crippen LogP contribution in [0.3, 0.4) is 0 Å². The third-order valence-electron chi connectivity index (χ3n) is 3.83. The summed E-state index contributed by atoms with van der Waals surface area (Å²) >= 11 is 0. The van der Waals surface area contributed by atoms with Gasteiger partial charge >= 0.3 is 0 Å². The van der Waals surface area contributed by atoms with Gasteiger partial charge in [-0.05, 0) is 46.2 Å². The summed E-state index contributed by atoms with van der Waals surface area (Å²) in [7, 11) is -1.52. The van der Waals surface area contributed by atoms with Crippen molar-refractivity contribution in [1.82, 2.24) is 14.2 Å². The van der Waals surface area contributed by atoms with Gasteiger partial charge in [0.1, 0.15) is 4.90 Å². The average Bonchev–Trinajstić information content (AvgIpc) is 3.17. The molecule has 120 valence electrons. The molecular formula is C15H27N3O2S. The summed E-state index contributed by atoms with van der Waals surface area (Å²) in [6.45, 7) is 7.13. The van der Waals surface area contributed by atoms with Crippen LogP contribution in [0.1, 0.15) is 51.8 Å². The lowest BCUT2D eigenvalue weighted by Gasteiger charge is -2.24. The molecule has 1 heterocycles. The van der Waals surface area contributed by atoms with E-state index in [0.717, 1.165) is 25.0 Å². The lowest BCUT2D eigenvalue weighted by Crippen LogP contribution is -2.37. The predicted molar refractivity (Wildman–Crippen MR) is 84.8 cm³/mol. The first-order chi connectivity index (χ1) is 9.91. The molecule has 1 aliphatic rings. The van der Waals surface area contributed by atoms with Crippen LogP contribution in [0.15, 0.2) is 17.2 Å². The van der Waals surface area contributed by atoms with E-state index >= 15 is 0 Å². The van der Waals surface area contributed by atoms with Gasteiger partial charge in [-0.1, -0.05) is 6.92 Å². The van der Waals surface area contributed by atoms with E-state index in [1.54, 1.807) is 4.31 Å². The van der Waals surface area contributed by atoms with Crippen molar-refractivity contribution in [3.05, 3.63) is 18.0 Å². The Balaban J connectivity index is 2.36. The number of rotatable bonds is 8. The van der Waals surface area contributed by atoms with Gasteiger partial charge in [0.05, 0.1) is 0 Å². The summed E-state index contributed by atoms with van der Waals surface area (Å²) in [5.41, 5.74) is 1.05. The molecule has 21 heavy (non-hydrogen) atoms. The van der Waals surface area contributed by atoms with Gasteiger partial charge in [-0.3, -0.25) is 0 Å². The molecule has 0 spiro atoms. The molecule has 1 aromatic rings. The van der Waals surface area contributed by atoms with E-state index in [1.165, 1.54) is 0 Å². The van der Waals surface area contributed by atoms with Gasteiger partial charge in [0.25, 0.3) is 0 Å². The zero-order valence-electron chi connectivity index (χ0n) is 13.5. The van der Waals surface area contributed by atoms with Crippen LogP contribution in [-0.4, -0.2) is 36.9 Å². The molecule has 0 aliphatic heterocycles. The number of aromatic nitrogens is 1. The first-order valence-electron chi connectivity index (χ1n) is 7.79. The van der Waals surface area contributed by atoms with Crippen molar-refractivity contribution in [3.63, 3.8) is 0 Å². The topological polar surface area (TPSA) is 54.3 Å². The minimum Gasteiger partial charge on any atom is -0.346 e. The van der Waals surface area contributed by atoms with Crippen LogP contribution in [0.25, 0.3) is 0 Å². The van der Waals surface area contributed by atoms with E-state index in [4.69, 9.17) is 0 Å². The summed E-state index contributed by atoms with van der Waals surface area (Å²) < 4.78 is 29.5. The maximum absolute atomic E-state index is 12.9. The Hall–Kier alpha value is -0.850. The molecule has 0 bridgehead atoms. The SMILES string of the molecule is CCCN(C(C)C)S(=O)(=O)c1cc(CNC)n(C2CC2)c1. The number of sulfonamides is 1. The van der Waals surface area contributed by atoms with Gasteiger partial charge in [-0.2, -0.15) is 4.31 Å². The smallest absolute Gasteiger partial charge is 0.244 e. The number of hydrogen-bond donors (Lipinski definition) is 1. The molecule has 1 saturated carbocycles. The van der Waals surface area contributed by atoms with Gasteiger partial charge in [-0.25, -0.2) is 8.42 Å². The molecule has 6 heteroatoms. The monoisotopic (exact) mass is 313 g/mol. The van der Waals surface area contributed by atoms with Gasteiger partial charge < -0.3 is 9.88 Å². The zero-order valence-corrected chi connectivity index (χ0v) is 14.3. The number of nitrogens with zero attached hydrogens (tertiary/aromatic N) is 2. The van der Waals surface area contributed by atoms with Crippen LogP contribution in [0.4, 0.5) is 0 Å². The zero-order chi connectivity index (χ0) is 15.6. The Kier molecular flexibility index (Phi) is 5.11. The molecule has 2 rings (SSSR count). The Morgan fingerprint density at radius 1 is 1.43 bits per heavy atom. The first-order valence-corrected chi connectivity index (χ1v) is 9.23. The van der Waals surface area contributed by atoms with Gasteiger partial charge in [0, 0.05) is 37.1 Å². The van der Waals surface area contributed by atoms with E-state index in [1.807, 2.05) is 40.1 Å². The van der Waals surface area contributed by atoms with Gasteiger partial charge in [0.2, 0.25) is 10.0 Å². The highest BCUT2D eigenvalue weighted by molar-refractivity contribution is 7.89. The fraction of sp³-hybridized carbons (Fsp3) is 0.733. The Morgan fingerprint density at radius 3 is 2.57 bits per heavy atom. The van der Waals surface area contributed by atoms with E-state index in [2.05, 4.69) is 9.88 Å². The summed E-state index contributed by atoms with van der Waals surface area (Å²) in [5.74, 6) is 0. The average molecular weight is 313 g/mol. The van der Waals surface area contributed by atoms with Crippen molar-refractivity contribution in [3.8, 4) is 0 Å². The molecule has 0 saturated heterocycles. The molecule has 1 N–H and O–H groups in total. The number of nitrogens with one attached hydrogen (secondary N) is 1. The second-order valence-electron chi connectivity index (χ2n) is 6.05. The van der Waals surface area contributed by atoms with E-state index in [0.29, 0.717) is 24.0 Å². The lowest BCUT2D eigenvalue weighted by atomic mass is 10.4. The predicted octanol–water partition coefficient (Wildman–Crippen LogP) is 2.35. The molecule has 1 aliphatic carbocycles. The van der Waals surface area contributed by atoms with Crippen molar-refractivity contribution in [2.75, 3.05) is 13.6 Å². The van der Waals surface area contributed by atoms with Crippen molar-refractivity contribution in [2.45, 2.75) is 63.6 Å². The standard InChI is InChI=1S/C15H27N3O2S/c1-5-8-18(12(2)3)21(19,20)15-9-14(10-16-4)17(11-15)13-6-7-13/h9,11-13,16H,5-8,10H2,1-4H3. The molecule has 0 aromatic carbocycles. The molecule has 1 fully saturated rings. The van der Waals surface area contributed by atoms with E-state index in [9.17, 15) is 8.42 Å². The van der Waals surface area contributed by atoms with Crippen molar-refractivity contribution < 1.29 is 8.42 Å². The Bertz CT molecular complexity index is 574. The van der Waals surface area contributed by atoms with Crippen LogP contribution >= 0.6 is 0 Å². The fourth-order valence-corrected chi connectivity index (χ4v) is 4.45. The van der Waals surface area contributed by atoms with Gasteiger partial charge in [0.15, 0.2) is 0 Å². The van der Waals surface area contributed by atoms with Crippen LogP contribution in [0, 0.1) is 0 Å². The number of hydrogen-bond acceptors (Lipinski definition) is 3. The molecule has 5 nitrogen and oxygen atoms in total. The summed E-state index contributed by atoms with van der Waals surface area (Å²) in [6, 6.07) is 2.29.